The average Bonchev–Trinajstić information content (AvgIpc) is 3.60. The Hall–Kier alpha value is -3.56. The summed E-state index contributed by atoms with van der Waals surface area (Å²) in [6, 6.07) is 12.0. The Morgan fingerprint density at radius 3 is 2.64 bits per heavy atom. The Labute approximate surface area is 232 Å². The molecule has 39 heavy (non-hydrogen) atoms. The van der Waals surface area contributed by atoms with Crippen LogP contribution in [0.25, 0.3) is 10.4 Å². The number of aromatic nitrogens is 1. The largest absolute Gasteiger partial charge is 0.391 e. The van der Waals surface area contributed by atoms with E-state index in [0.717, 1.165) is 32.8 Å². The van der Waals surface area contributed by atoms with Gasteiger partial charge in [0.2, 0.25) is 11.8 Å². The van der Waals surface area contributed by atoms with Crippen LogP contribution in [0.5, 0.6) is 0 Å². The lowest BCUT2D eigenvalue weighted by atomic mass is 10.00. The van der Waals surface area contributed by atoms with E-state index in [1.807, 2.05) is 57.5 Å². The molecular weight excluding hydrogens is 512 g/mol. The van der Waals surface area contributed by atoms with Crippen LogP contribution in [0.2, 0.25) is 0 Å². The van der Waals surface area contributed by atoms with Crippen LogP contribution >= 0.6 is 11.3 Å². The lowest BCUT2D eigenvalue weighted by Gasteiger charge is -2.35. The molecule has 3 heterocycles. The van der Waals surface area contributed by atoms with Gasteiger partial charge in [0.15, 0.2) is 0 Å². The molecule has 2 N–H and O–H groups in total. The molecule has 2 aromatic carbocycles. The Bertz CT molecular complexity index is 1420. The maximum Gasteiger partial charge on any atom is 0.255 e. The molecule has 5 rings (SSSR count). The third kappa shape index (κ3) is 5.21. The van der Waals surface area contributed by atoms with Crippen LogP contribution in [-0.4, -0.2) is 62.3 Å². The van der Waals surface area contributed by atoms with Gasteiger partial charge in [-0.2, -0.15) is 0 Å². The molecule has 1 aromatic heterocycles. The van der Waals surface area contributed by atoms with Crippen molar-refractivity contribution < 1.29 is 19.5 Å². The second-order valence-corrected chi connectivity index (χ2v) is 11.7. The number of hydrogen-bond acceptors (Lipinski definition) is 6. The van der Waals surface area contributed by atoms with Crippen molar-refractivity contribution in [3.63, 3.8) is 0 Å². The van der Waals surface area contributed by atoms with Gasteiger partial charge in [0.1, 0.15) is 12.1 Å². The smallest absolute Gasteiger partial charge is 0.255 e. The maximum absolute atomic E-state index is 13.9. The zero-order valence-electron chi connectivity index (χ0n) is 22.7. The number of aryl methyl sites for hydroxylation is 2. The van der Waals surface area contributed by atoms with Crippen LogP contribution in [0.15, 0.2) is 48.0 Å². The highest BCUT2D eigenvalue weighted by Crippen LogP contribution is 2.31. The number of aliphatic hydroxyl groups is 1. The number of carbonyl (C=O) groups is 3. The van der Waals surface area contributed by atoms with Gasteiger partial charge in [0, 0.05) is 31.6 Å². The first kappa shape index (κ1) is 27.0. The van der Waals surface area contributed by atoms with E-state index in [4.69, 9.17) is 0 Å². The number of fused-ring (bicyclic) bond motifs is 1. The quantitative estimate of drug-likeness (QED) is 0.471. The number of amides is 3. The molecule has 0 unspecified atom stereocenters. The van der Waals surface area contributed by atoms with E-state index in [1.54, 1.807) is 22.3 Å². The number of carbonyl (C=O) groups excluding carboxylic acids is 3. The molecule has 8 nitrogen and oxygen atoms in total. The van der Waals surface area contributed by atoms with Crippen molar-refractivity contribution in [1.82, 2.24) is 20.1 Å². The number of thiazole rings is 1. The number of aliphatic hydroxyl groups excluding tert-OH is 1. The van der Waals surface area contributed by atoms with Gasteiger partial charge in [-0.25, -0.2) is 4.98 Å². The first-order chi connectivity index (χ1) is 18.7. The average molecular weight is 547 g/mol. The third-order valence-corrected chi connectivity index (χ3v) is 8.72. The van der Waals surface area contributed by atoms with Crippen molar-refractivity contribution in [3.8, 4) is 10.4 Å². The lowest BCUT2D eigenvalue weighted by molar-refractivity contribution is -0.143. The Kier molecular flexibility index (Phi) is 7.55. The predicted molar refractivity (Wildman–Crippen MR) is 150 cm³/mol. The lowest BCUT2D eigenvalue weighted by Crippen LogP contribution is -2.55. The molecular formula is C30H34N4O4S. The number of likely N-dealkylation sites (tertiary alicyclic amines) is 1. The van der Waals surface area contributed by atoms with Crippen LogP contribution in [0.4, 0.5) is 0 Å². The molecule has 1 fully saturated rings. The first-order valence-electron chi connectivity index (χ1n) is 13.3. The van der Waals surface area contributed by atoms with E-state index in [1.165, 1.54) is 4.90 Å². The summed E-state index contributed by atoms with van der Waals surface area (Å²) in [5.74, 6) is -0.957. The maximum atomic E-state index is 13.9. The molecule has 3 amide bonds. The van der Waals surface area contributed by atoms with E-state index in [-0.39, 0.29) is 36.6 Å². The van der Waals surface area contributed by atoms with Crippen molar-refractivity contribution in [2.24, 2.45) is 5.92 Å². The van der Waals surface area contributed by atoms with Crippen molar-refractivity contribution >= 4 is 29.1 Å². The summed E-state index contributed by atoms with van der Waals surface area (Å²) in [6.45, 7) is 8.50. The molecule has 9 heteroatoms. The fourth-order valence-corrected chi connectivity index (χ4v) is 6.44. The monoisotopic (exact) mass is 546 g/mol. The van der Waals surface area contributed by atoms with Crippen LogP contribution in [-0.2, 0) is 22.7 Å². The standard InChI is InChI=1S/C30H34N4O4S/c1-17(2)26(34-14-21-7-5-6-8-24(21)29(34)37)30(38)33-15-23(35)12-25(33)28(36)31-13-22-11-20(10-9-18(22)3)27-19(4)32-16-39-27/h5-11,16-17,23,25-26,35H,12-15H2,1-4H3,(H,31,36)/t23-,25+,26+/m1/s1. The molecule has 0 bridgehead atoms. The van der Waals surface area contributed by atoms with Crippen molar-refractivity contribution in [3.05, 3.63) is 75.9 Å². The summed E-state index contributed by atoms with van der Waals surface area (Å²) in [4.78, 5) is 49.0. The number of benzene rings is 2. The number of rotatable bonds is 7. The number of nitrogens with one attached hydrogen (secondary N) is 1. The summed E-state index contributed by atoms with van der Waals surface area (Å²) in [6.07, 6.45) is -0.640. The SMILES string of the molecule is Cc1ccc(-c2scnc2C)cc1CNC(=O)[C@@H]1C[C@@H](O)CN1C(=O)[C@H](C(C)C)N1Cc2ccccc2C1=O. The fourth-order valence-electron chi connectivity index (χ4n) is 5.64. The van der Waals surface area contributed by atoms with Crippen LogP contribution in [0, 0.1) is 19.8 Å². The van der Waals surface area contributed by atoms with Gasteiger partial charge in [0.25, 0.3) is 5.91 Å². The van der Waals surface area contributed by atoms with Crippen molar-refractivity contribution in [2.75, 3.05) is 6.54 Å². The summed E-state index contributed by atoms with van der Waals surface area (Å²) in [5.41, 5.74) is 7.36. The summed E-state index contributed by atoms with van der Waals surface area (Å²) in [7, 11) is 0. The fraction of sp³-hybridized carbons (Fsp3) is 0.400. The molecule has 2 aliphatic heterocycles. The minimum absolute atomic E-state index is 0.0638. The predicted octanol–water partition coefficient (Wildman–Crippen LogP) is 3.69. The molecule has 1 saturated heterocycles. The van der Waals surface area contributed by atoms with E-state index in [0.29, 0.717) is 18.7 Å². The van der Waals surface area contributed by atoms with Gasteiger partial charge in [0.05, 0.1) is 22.2 Å². The Balaban J connectivity index is 1.32. The molecule has 3 aromatic rings. The van der Waals surface area contributed by atoms with Gasteiger partial charge >= 0.3 is 0 Å². The van der Waals surface area contributed by atoms with Crippen LogP contribution in [0.1, 0.15) is 53.0 Å². The molecule has 0 aliphatic carbocycles. The number of β-amino-alcohol motifs (C(OH)–C–C–N with tert-alkyl or cyclic N) is 1. The minimum atomic E-state index is -0.805. The number of nitrogens with zero attached hydrogens (tertiary/aromatic N) is 3. The second-order valence-electron chi connectivity index (χ2n) is 10.8. The van der Waals surface area contributed by atoms with Crippen molar-refractivity contribution in [1.29, 1.82) is 0 Å². The molecule has 2 aliphatic rings. The van der Waals surface area contributed by atoms with Gasteiger partial charge in [-0.1, -0.05) is 44.2 Å². The molecule has 0 spiro atoms. The van der Waals surface area contributed by atoms with Gasteiger partial charge < -0.3 is 20.2 Å². The Morgan fingerprint density at radius 2 is 1.95 bits per heavy atom. The molecule has 3 atom stereocenters. The summed E-state index contributed by atoms with van der Waals surface area (Å²) < 4.78 is 0. The molecule has 0 saturated carbocycles. The minimum Gasteiger partial charge on any atom is -0.391 e. The van der Waals surface area contributed by atoms with E-state index in [2.05, 4.69) is 22.4 Å². The molecule has 0 radical (unpaired) electrons. The highest BCUT2D eigenvalue weighted by Gasteiger charge is 2.45. The van der Waals surface area contributed by atoms with Crippen LogP contribution in [0.3, 0.4) is 0 Å². The van der Waals surface area contributed by atoms with Gasteiger partial charge in [-0.3, -0.25) is 14.4 Å². The highest BCUT2D eigenvalue weighted by molar-refractivity contribution is 7.13. The molecule has 204 valence electrons. The van der Waals surface area contributed by atoms with Gasteiger partial charge in [-0.05, 0) is 54.2 Å². The van der Waals surface area contributed by atoms with E-state index in [9.17, 15) is 19.5 Å². The van der Waals surface area contributed by atoms with Gasteiger partial charge in [-0.15, -0.1) is 11.3 Å². The van der Waals surface area contributed by atoms with Crippen molar-refractivity contribution in [2.45, 2.75) is 65.4 Å². The Morgan fingerprint density at radius 1 is 1.18 bits per heavy atom. The number of hydrogen-bond donors (Lipinski definition) is 2. The normalized spacial score (nSPS) is 19.5. The zero-order chi connectivity index (χ0) is 27.8. The summed E-state index contributed by atoms with van der Waals surface area (Å²) in [5, 5.41) is 13.5. The summed E-state index contributed by atoms with van der Waals surface area (Å²) >= 11 is 1.58. The van der Waals surface area contributed by atoms with Crippen LogP contribution < -0.4 is 5.32 Å². The third-order valence-electron chi connectivity index (χ3n) is 7.74. The zero-order valence-corrected chi connectivity index (χ0v) is 23.5. The van der Waals surface area contributed by atoms with E-state index >= 15 is 0 Å². The highest BCUT2D eigenvalue weighted by atomic mass is 32.1. The first-order valence-corrected chi connectivity index (χ1v) is 14.2. The topological polar surface area (TPSA) is 103 Å². The second kappa shape index (κ2) is 10.9. The van der Waals surface area contributed by atoms with E-state index < -0.39 is 18.2 Å².